The number of carbonyl (C=O) groups is 2. The van der Waals surface area contributed by atoms with Crippen LogP contribution in [0.5, 0.6) is 5.75 Å². The van der Waals surface area contributed by atoms with Gasteiger partial charge in [-0.15, -0.1) is 0 Å². The van der Waals surface area contributed by atoms with Crippen LogP contribution in [0.15, 0.2) is 71.5 Å². The van der Waals surface area contributed by atoms with Gasteiger partial charge >= 0.3 is 0 Å². The second-order valence-corrected chi connectivity index (χ2v) is 11.8. The molecule has 0 aliphatic heterocycles. The quantitative estimate of drug-likeness (QED) is 0.0747. The first-order valence-electron chi connectivity index (χ1n) is 17.0. The summed E-state index contributed by atoms with van der Waals surface area (Å²) in [6.45, 7) is 20.2. The molecular weight excluding hydrogens is 638 g/mol. The maximum absolute atomic E-state index is 11.8. The Hall–Kier alpha value is -3.82. The van der Waals surface area contributed by atoms with Gasteiger partial charge in [-0.1, -0.05) is 63.6 Å². The highest BCUT2D eigenvalue weighted by molar-refractivity contribution is 6.30. The summed E-state index contributed by atoms with van der Waals surface area (Å²) in [5.41, 5.74) is 3.58. The average Bonchev–Trinajstić information content (AvgIpc) is 3.12. The molecule has 276 valence electrons. The Morgan fingerprint density at radius 3 is 2.22 bits per heavy atom. The molecule has 3 unspecified atom stereocenters. The van der Waals surface area contributed by atoms with Crippen molar-refractivity contribution >= 4 is 42.8 Å². The molecular formula is C39H64ClN5O4. The molecule has 0 spiro atoms. The molecule has 0 amide bonds. The van der Waals surface area contributed by atoms with E-state index in [9.17, 15) is 4.79 Å². The summed E-state index contributed by atoms with van der Waals surface area (Å²) in [5, 5.41) is 10.3. The maximum Gasteiger partial charge on any atom is 0.167 e. The van der Waals surface area contributed by atoms with Crippen molar-refractivity contribution in [2.45, 2.75) is 53.4 Å². The molecule has 0 saturated heterocycles. The van der Waals surface area contributed by atoms with E-state index in [1.807, 2.05) is 104 Å². The highest BCUT2D eigenvalue weighted by atomic mass is 35.5. The molecule has 0 heterocycles. The van der Waals surface area contributed by atoms with E-state index in [1.165, 1.54) is 0 Å². The Balaban J connectivity index is 0. The van der Waals surface area contributed by atoms with Crippen molar-refractivity contribution in [1.82, 2.24) is 15.5 Å². The van der Waals surface area contributed by atoms with Crippen LogP contribution < -0.4 is 20.7 Å². The van der Waals surface area contributed by atoms with E-state index in [0.29, 0.717) is 41.5 Å². The molecule has 3 rings (SSSR count). The molecule has 0 radical (unpaired) electrons. The van der Waals surface area contributed by atoms with E-state index in [2.05, 4.69) is 46.1 Å². The van der Waals surface area contributed by atoms with Gasteiger partial charge in [0, 0.05) is 56.6 Å². The zero-order valence-electron chi connectivity index (χ0n) is 31.6. The molecule has 3 N–H and O–H groups in total. The fraction of sp³-hybridized carbons (Fsp3) is 0.513. The van der Waals surface area contributed by atoms with Crippen molar-refractivity contribution in [3.05, 3.63) is 77.1 Å². The lowest BCUT2D eigenvalue weighted by molar-refractivity contribution is -0.105. The molecule has 3 atom stereocenters. The number of halogens is 1. The number of anilines is 1. The van der Waals surface area contributed by atoms with Crippen molar-refractivity contribution in [3.63, 3.8) is 0 Å². The molecule has 1 aliphatic rings. The highest BCUT2D eigenvalue weighted by Crippen LogP contribution is 2.33. The number of ether oxygens (including phenoxy) is 2. The molecule has 2 aromatic rings. The van der Waals surface area contributed by atoms with Crippen LogP contribution in [0.25, 0.3) is 5.76 Å². The largest absolute Gasteiger partial charge is 0.493 e. The van der Waals surface area contributed by atoms with E-state index in [0.717, 1.165) is 67.8 Å². The van der Waals surface area contributed by atoms with E-state index in [1.54, 1.807) is 7.05 Å². The molecule has 49 heavy (non-hydrogen) atoms. The van der Waals surface area contributed by atoms with E-state index in [-0.39, 0.29) is 5.92 Å². The number of hydrogen-bond acceptors (Lipinski definition) is 9. The lowest BCUT2D eigenvalue weighted by atomic mass is 9.81. The fourth-order valence-electron chi connectivity index (χ4n) is 5.38. The Morgan fingerprint density at radius 2 is 1.71 bits per heavy atom. The van der Waals surface area contributed by atoms with Crippen LogP contribution >= 0.6 is 11.6 Å². The van der Waals surface area contributed by atoms with Gasteiger partial charge in [-0.25, -0.2) is 0 Å². The van der Waals surface area contributed by atoms with Crippen LogP contribution in [0.1, 0.15) is 58.9 Å². The van der Waals surface area contributed by atoms with Crippen molar-refractivity contribution < 1.29 is 19.1 Å². The molecule has 0 aromatic heterocycles. The van der Waals surface area contributed by atoms with Gasteiger partial charge in [0.1, 0.15) is 18.3 Å². The summed E-state index contributed by atoms with van der Waals surface area (Å²) in [6.07, 6.45) is 5.44. The molecule has 10 heteroatoms. The number of allylic oxidation sites excluding steroid dienone is 1. The Kier molecular flexibility index (Phi) is 29.2. The number of aliphatic imine (C=N–C) groups is 1. The van der Waals surface area contributed by atoms with E-state index in [4.69, 9.17) is 25.9 Å². The average molecular weight is 702 g/mol. The van der Waals surface area contributed by atoms with Crippen molar-refractivity contribution in [3.8, 4) is 5.75 Å². The van der Waals surface area contributed by atoms with Gasteiger partial charge in [0.2, 0.25) is 0 Å². The predicted molar refractivity (Wildman–Crippen MR) is 211 cm³/mol. The standard InChI is InChI=1S/C27H42ClN3O3.C7H9N.C2H5N.C2H6.CH2O/c1-7-33-26-12-11-23(28)14-24(26)20(3)34-18-22-10-8-9-21(13-22)15-30-25(17-32)27(29-4)19(2)16-31(5)6;1-8-7-5-3-2-4-6-7;1-3-2;2*1-2/h11-12,14,17,19,21-22,29-30H,3,7-10,13,15-16,18H2,1-2,4-6H3;2-6,8H,1H3;1H2,2H3;1-2H3;1H2/b27-25+;;;;. The first-order valence-corrected chi connectivity index (χ1v) is 17.4. The van der Waals surface area contributed by atoms with Crippen LogP contribution in [0, 0.1) is 17.8 Å². The summed E-state index contributed by atoms with van der Waals surface area (Å²) < 4.78 is 11.8. The fourth-order valence-corrected chi connectivity index (χ4v) is 5.55. The topological polar surface area (TPSA) is 104 Å². The predicted octanol–water partition coefficient (Wildman–Crippen LogP) is 7.84. The van der Waals surface area contributed by atoms with Gasteiger partial charge in [-0.2, -0.15) is 0 Å². The molecule has 1 fully saturated rings. The minimum Gasteiger partial charge on any atom is -0.493 e. The minimum atomic E-state index is 0.235. The lowest BCUT2D eigenvalue weighted by Crippen LogP contribution is -2.33. The van der Waals surface area contributed by atoms with Crippen LogP contribution in [0.3, 0.4) is 0 Å². The van der Waals surface area contributed by atoms with Gasteiger partial charge in [-0.3, -0.25) is 4.79 Å². The highest BCUT2D eigenvalue weighted by Gasteiger charge is 2.24. The van der Waals surface area contributed by atoms with Crippen molar-refractivity contribution in [2.75, 3.05) is 66.9 Å². The van der Waals surface area contributed by atoms with Crippen molar-refractivity contribution in [2.24, 2.45) is 22.7 Å². The number of nitrogens with zero attached hydrogens (tertiary/aromatic N) is 2. The Morgan fingerprint density at radius 1 is 1.10 bits per heavy atom. The van der Waals surface area contributed by atoms with E-state index < -0.39 is 0 Å². The van der Waals surface area contributed by atoms with Crippen LogP contribution in [0.2, 0.25) is 5.02 Å². The number of carbonyl (C=O) groups excluding carboxylic acids is 2. The summed E-state index contributed by atoms with van der Waals surface area (Å²) in [6, 6.07) is 15.6. The molecule has 9 nitrogen and oxygen atoms in total. The lowest BCUT2D eigenvalue weighted by Gasteiger charge is -2.30. The molecule has 1 saturated carbocycles. The molecule has 0 bridgehead atoms. The SMILES string of the molecule is C=C(OCC1CCCC(CN/C(C=O)=C(/NC)C(C)CN(C)C)C1)c1cc(Cl)ccc1OCC.C=NC.C=O.CC.CNc1ccccc1. The number of hydrogen-bond donors (Lipinski definition) is 3. The second-order valence-electron chi connectivity index (χ2n) is 11.4. The first-order chi connectivity index (χ1) is 23.6. The number of benzene rings is 2. The minimum absolute atomic E-state index is 0.235. The Bertz CT molecular complexity index is 1190. The van der Waals surface area contributed by atoms with Gasteiger partial charge in [-0.05, 0) is 89.2 Å². The second kappa shape index (κ2) is 30.3. The van der Waals surface area contributed by atoms with Crippen molar-refractivity contribution in [1.29, 1.82) is 0 Å². The normalized spacial score (nSPS) is 15.6. The summed E-state index contributed by atoms with van der Waals surface area (Å²) in [7, 11) is 9.52. The van der Waals surface area contributed by atoms with E-state index >= 15 is 0 Å². The summed E-state index contributed by atoms with van der Waals surface area (Å²) in [5.74, 6) is 2.51. The third-order valence-electron chi connectivity index (χ3n) is 7.38. The monoisotopic (exact) mass is 701 g/mol. The Labute approximate surface area is 302 Å². The van der Waals surface area contributed by atoms with Gasteiger partial charge in [0.25, 0.3) is 0 Å². The first kappa shape index (κ1) is 47.3. The van der Waals surface area contributed by atoms with Crippen LogP contribution in [0.4, 0.5) is 5.69 Å². The number of nitrogens with one attached hydrogen (secondary N) is 3. The summed E-state index contributed by atoms with van der Waals surface area (Å²) in [4.78, 5) is 25.2. The van der Waals surface area contributed by atoms with Gasteiger partial charge < -0.3 is 40.1 Å². The van der Waals surface area contributed by atoms with Crippen LogP contribution in [-0.4, -0.2) is 86.2 Å². The molecule has 2 aromatic carbocycles. The zero-order valence-corrected chi connectivity index (χ0v) is 32.4. The molecule has 1 aliphatic carbocycles. The van der Waals surface area contributed by atoms with Crippen LogP contribution in [-0.2, 0) is 14.3 Å². The van der Waals surface area contributed by atoms with Gasteiger partial charge in [0.05, 0.1) is 24.5 Å². The summed E-state index contributed by atoms with van der Waals surface area (Å²) >= 11 is 6.18. The third-order valence-corrected chi connectivity index (χ3v) is 7.61. The van der Waals surface area contributed by atoms with Gasteiger partial charge in [0.15, 0.2) is 6.29 Å². The maximum atomic E-state index is 11.8. The number of para-hydroxylation sites is 1. The third kappa shape index (κ3) is 20.3. The number of aldehydes is 1. The smallest absolute Gasteiger partial charge is 0.167 e. The number of rotatable bonds is 15. The zero-order chi connectivity index (χ0) is 37.6.